The van der Waals surface area contributed by atoms with E-state index in [1.807, 2.05) is 0 Å². The molecule has 1 amide bonds. The van der Waals surface area contributed by atoms with E-state index in [4.69, 9.17) is 9.47 Å². The molecular formula is C17H25NO6. The number of carbonyl (C=O) groups excluding carboxylic acids is 2. The second-order valence-electron chi connectivity index (χ2n) is 7.22. The number of hydrogen-bond acceptors (Lipinski definition) is 5. The van der Waals surface area contributed by atoms with Gasteiger partial charge in [0.15, 0.2) is 0 Å². The number of cyclic esters (lactones) is 1. The maximum Gasteiger partial charge on any atom is 0.407 e. The van der Waals surface area contributed by atoms with Crippen LogP contribution >= 0.6 is 0 Å². The molecule has 0 radical (unpaired) electrons. The summed E-state index contributed by atoms with van der Waals surface area (Å²) in [6.07, 6.45) is 2.06. The third-order valence-electron chi connectivity index (χ3n) is 5.97. The van der Waals surface area contributed by atoms with Gasteiger partial charge in [-0.15, -0.1) is 0 Å². The van der Waals surface area contributed by atoms with Crippen LogP contribution in [0.15, 0.2) is 0 Å². The summed E-state index contributed by atoms with van der Waals surface area (Å²) in [4.78, 5) is 35.6. The predicted octanol–water partition coefficient (Wildman–Crippen LogP) is 1.80. The van der Waals surface area contributed by atoms with Gasteiger partial charge in [-0.1, -0.05) is 0 Å². The molecule has 7 nitrogen and oxygen atoms in total. The van der Waals surface area contributed by atoms with Crippen LogP contribution in [0.1, 0.15) is 39.5 Å². The van der Waals surface area contributed by atoms with Crippen LogP contribution in [0.25, 0.3) is 0 Å². The van der Waals surface area contributed by atoms with E-state index in [-0.39, 0.29) is 41.8 Å². The molecule has 1 aliphatic heterocycles. The second-order valence-corrected chi connectivity index (χ2v) is 7.22. The van der Waals surface area contributed by atoms with Gasteiger partial charge in [0.25, 0.3) is 0 Å². The van der Waals surface area contributed by atoms with Crippen LogP contribution < -0.4 is 5.32 Å². The topological polar surface area (TPSA) is 102 Å². The highest BCUT2D eigenvalue weighted by molar-refractivity contribution is 5.79. The zero-order valence-electron chi connectivity index (χ0n) is 14.1. The van der Waals surface area contributed by atoms with Crippen molar-refractivity contribution < 1.29 is 29.0 Å². The first-order valence-corrected chi connectivity index (χ1v) is 8.79. The first kappa shape index (κ1) is 17.0. The van der Waals surface area contributed by atoms with Crippen molar-refractivity contribution in [3.8, 4) is 0 Å². The first-order chi connectivity index (χ1) is 11.4. The maximum absolute atomic E-state index is 12.1. The van der Waals surface area contributed by atoms with Crippen molar-refractivity contribution in [3.63, 3.8) is 0 Å². The molecule has 1 heterocycles. The number of esters is 1. The fraction of sp³-hybridized carbons (Fsp3) is 0.824. The summed E-state index contributed by atoms with van der Waals surface area (Å²) < 4.78 is 10.2. The van der Waals surface area contributed by atoms with E-state index in [9.17, 15) is 19.5 Å². The Labute approximate surface area is 141 Å². The highest BCUT2D eigenvalue weighted by Gasteiger charge is 2.57. The molecule has 3 aliphatic rings. The summed E-state index contributed by atoms with van der Waals surface area (Å²) in [6.45, 7) is 3.87. The van der Waals surface area contributed by atoms with Crippen molar-refractivity contribution in [1.29, 1.82) is 0 Å². The lowest BCUT2D eigenvalue weighted by atomic mass is 9.57. The van der Waals surface area contributed by atoms with Gasteiger partial charge in [0, 0.05) is 12.0 Å². The zero-order chi connectivity index (χ0) is 17.4. The standard InChI is InChI=1S/C17H25NO6/c1-3-23-17(22)18-10-4-5-11-9(6-10)7-12-13(14(11)15(19)20)8(2)24-16(12)21/h8-14H,3-7H2,1-2H3,(H,18,22)(H,19,20)/t8-,9+,10-,11-,12-,13+,14+/m1/s1. The van der Waals surface area contributed by atoms with Crippen molar-refractivity contribution in [1.82, 2.24) is 5.32 Å². The fourth-order valence-corrected chi connectivity index (χ4v) is 5.09. The molecular weight excluding hydrogens is 314 g/mol. The van der Waals surface area contributed by atoms with Crippen molar-refractivity contribution in [2.24, 2.45) is 29.6 Å². The van der Waals surface area contributed by atoms with E-state index >= 15 is 0 Å². The second kappa shape index (κ2) is 6.61. The molecule has 134 valence electrons. The van der Waals surface area contributed by atoms with Gasteiger partial charge in [-0.05, 0) is 51.4 Å². The third kappa shape index (κ3) is 2.96. The summed E-state index contributed by atoms with van der Waals surface area (Å²) in [5.41, 5.74) is 0. The van der Waals surface area contributed by atoms with E-state index in [0.29, 0.717) is 19.4 Å². The normalized spacial score (nSPS) is 40.9. The van der Waals surface area contributed by atoms with E-state index in [2.05, 4.69) is 5.32 Å². The van der Waals surface area contributed by atoms with Gasteiger partial charge in [0.1, 0.15) is 6.10 Å². The Bertz CT molecular complexity index is 535. The van der Waals surface area contributed by atoms with Crippen LogP contribution in [-0.4, -0.2) is 41.9 Å². The molecule has 0 bridgehead atoms. The van der Waals surface area contributed by atoms with Gasteiger partial charge in [0.2, 0.25) is 0 Å². The van der Waals surface area contributed by atoms with E-state index in [1.54, 1.807) is 13.8 Å². The average Bonchev–Trinajstić information content (AvgIpc) is 2.79. The molecule has 0 unspecified atom stereocenters. The minimum absolute atomic E-state index is 0.0221. The molecule has 3 rings (SSSR count). The number of fused-ring (bicyclic) bond motifs is 2. The number of hydrogen-bond donors (Lipinski definition) is 2. The van der Waals surface area contributed by atoms with Gasteiger partial charge in [-0.2, -0.15) is 0 Å². The Morgan fingerprint density at radius 3 is 2.75 bits per heavy atom. The smallest absolute Gasteiger partial charge is 0.407 e. The van der Waals surface area contributed by atoms with Gasteiger partial charge in [-0.3, -0.25) is 9.59 Å². The minimum atomic E-state index is -0.832. The summed E-state index contributed by atoms with van der Waals surface area (Å²) in [5.74, 6) is -2.04. The molecule has 0 aromatic carbocycles. The molecule has 1 saturated heterocycles. The number of carboxylic acids is 1. The van der Waals surface area contributed by atoms with Crippen molar-refractivity contribution in [2.45, 2.75) is 51.7 Å². The van der Waals surface area contributed by atoms with Crippen LogP contribution in [0, 0.1) is 29.6 Å². The lowest BCUT2D eigenvalue weighted by Crippen LogP contribution is -2.51. The van der Waals surface area contributed by atoms with E-state index < -0.39 is 18.0 Å². The molecule has 24 heavy (non-hydrogen) atoms. The van der Waals surface area contributed by atoms with Crippen LogP contribution in [0.3, 0.4) is 0 Å². The summed E-state index contributed by atoms with van der Waals surface area (Å²) in [5, 5.41) is 12.6. The van der Waals surface area contributed by atoms with Gasteiger partial charge < -0.3 is 19.9 Å². The van der Waals surface area contributed by atoms with E-state index in [1.165, 1.54) is 0 Å². The van der Waals surface area contributed by atoms with Crippen molar-refractivity contribution in [2.75, 3.05) is 6.61 Å². The Morgan fingerprint density at radius 1 is 1.33 bits per heavy atom. The Kier molecular flexibility index (Phi) is 4.69. The molecule has 7 heteroatoms. The highest BCUT2D eigenvalue weighted by Crippen LogP contribution is 2.53. The fourth-order valence-electron chi connectivity index (χ4n) is 5.09. The molecule has 7 atom stereocenters. The Morgan fingerprint density at radius 2 is 2.08 bits per heavy atom. The maximum atomic E-state index is 12.1. The first-order valence-electron chi connectivity index (χ1n) is 8.79. The predicted molar refractivity (Wildman–Crippen MR) is 83.1 cm³/mol. The van der Waals surface area contributed by atoms with Crippen LogP contribution in [0.4, 0.5) is 4.79 Å². The van der Waals surface area contributed by atoms with Gasteiger partial charge >= 0.3 is 18.0 Å². The SMILES string of the molecule is CCOC(=O)N[C@@H]1CC[C@@H]2[C@@H](C1)C[C@H]1C(=O)O[C@H](C)[C@@H]1[C@H]2C(=O)O. The summed E-state index contributed by atoms with van der Waals surface area (Å²) in [6, 6.07) is -0.0221. The highest BCUT2D eigenvalue weighted by atomic mass is 16.6. The number of carboxylic acid groups (broad SMARTS) is 1. The monoisotopic (exact) mass is 339 g/mol. The number of aliphatic carboxylic acids is 1. The third-order valence-corrected chi connectivity index (χ3v) is 5.97. The Balaban J connectivity index is 1.74. The van der Waals surface area contributed by atoms with E-state index in [0.717, 1.165) is 12.8 Å². The molecule has 2 N–H and O–H groups in total. The summed E-state index contributed by atoms with van der Waals surface area (Å²) in [7, 11) is 0. The van der Waals surface area contributed by atoms with Crippen LogP contribution in [0.2, 0.25) is 0 Å². The van der Waals surface area contributed by atoms with Crippen LogP contribution in [0.5, 0.6) is 0 Å². The van der Waals surface area contributed by atoms with Gasteiger partial charge in [-0.25, -0.2) is 4.79 Å². The quantitative estimate of drug-likeness (QED) is 0.760. The number of ether oxygens (including phenoxy) is 2. The summed E-state index contributed by atoms with van der Waals surface area (Å²) >= 11 is 0. The van der Waals surface area contributed by atoms with Gasteiger partial charge in [0.05, 0.1) is 18.4 Å². The van der Waals surface area contributed by atoms with Crippen molar-refractivity contribution >= 4 is 18.0 Å². The minimum Gasteiger partial charge on any atom is -0.481 e. The lowest BCUT2D eigenvalue weighted by Gasteiger charge is -2.46. The number of rotatable bonds is 3. The lowest BCUT2D eigenvalue weighted by molar-refractivity contribution is -0.153. The molecule has 0 aromatic heterocycles. The molecule has 0 spiro atoms. The largest absolute Gasteiger partial charge is 0.481 e. The number of carbonyl (C=O) groups is 3. The van der Waals surface area contributed by atoms with Crippen molar-refractivity contribution in [3.05, 3.63) is 0 Å². The zero-order valence-corrected chi connectivity index (χ0v) is 14.1. The number of alkyl carbamates (subject to hydrolysis) is 1. The van der Waals surface area contributed by atoms with Crippen LogP contribution in [-0.2, 0) is 19.1 Å². The average molecular weight is 339 g/mol. The number of nitrogens with one attached hydrogen (secondary N) is 1. The molecule has 2 aliphatic carbocycles. The molecule has 2 saturated carbocycles. The molecule has 0 aromatic rings. The Hall–Kier alpha value is -1.79. The molecule has 3 fully saturated rings. The number of amides is 1.